The van der Waals surface area contributed by atoms with Gasteiger partial charge in [-0.1, -0.05) is 61.0 Å². The largest absolute Gasteiger partial charge is 0.480 e. The van der Waals surface area contributed by atoms with Crippen LogP contribution in [0, 0.1) is 23.7 Å². The number of hydrogen-bond acceptors (Lipinski definition) is 10. The summed E-state index contributed by atoms with van der Waals surface area (Å²) in [6.45, 7) is 14.1. The highest BCUT2D eigenvalue weighted by Crippen LogP contribution is 2.31. The van der Waals surface area contributed by atoms with Crippen LogP contribution in [0.3, 0.4) is 0 Å². The maximum atomic E-state index is 14.1. The van der Waals surface area contributed by atoms with Crippen LogP contribution in [-0.4, -0.2) is 127 Å². The number of rotatable bonds is 22. The second-order valence-electron chi connectivity index (χ2n) is 14.7. The van der Waals surface area contributed by atoms with Crippen LogP contribution in [0.4, 0.5) is 0 Å². The molecule has 2 rings (SSSR count). The molecule has 10 atom stereocenters. The standard InChI is InChI=1S/C37H65N5O8S/c1-12-23(6)32(41(9)36(46)31(22(4)5)40-35(45)30(38-8)21(2)3)28(49-10)20-29(43)42-17-13-16-27(42)33(50-11)24(7)34(44)39-26(37(47)48)19-25-15-14-18-51-25/h14-15,18,21-24,26-33,38,43H,12-13,16-17,19-20H2,1-11H3,(H,39,44)(H,40,45)(H,47,48)/t23?,24?,26?,27-,28?,29?,30?,31?,32?,33?/m0/s1. The molecule has 1 aromatic heterocycles. The number of nitrogens with zero attached hydrogens (tertiary/aromatic N) is 2. The molecule has 1 aliphatic heterocycles. The second-order valence-corrected chi connectivity index (χ2v) is 15.7. The van der Waals surface area contributed by atoms with Crippen molar-refractivity contribution < 1.29 is 38.9 Å². The fraction of sp³-hybridized carbons (Fsp3) is 0.784. The van der Waals surface area contributed by atoms with Gasteiger partial charge in [-0.2, -0.15) is 0 Å². The number of aliphatic hydroxyl groups is 1. The van der Waals surface area contributed by atoms with Crippen LogP contribution in [0.15, 0.2) is 17.5 Å². The molecule has 5 N–H and O–H groups in total. The molecule has 1 aromatic rings. The van der Waals surface area contributed by atoms with Gasteiger partial charge in [0.05, 0.1) is 30.2 Å². The highest BCUT2D eigenvalue weighted by atomic mass is 32.1. The summed E-state index contributed by atoms with van der Waals surface area (Å²) in [6, 6.07) is 0.680. The number of methoxy groups -OCH3 is 2. The van der Waals surface area contributed by atoms with E-state index in [0.29, 0.717) is 13.0 Å². The Kier molecular flexibility index (Phi) is 18.5. The molecule has 1 fully saturated rings. The van der Waals surface area contributed by atoms with E-state index in [1.807, 2.05) is 64.0 Å². The third kappa shape index (κ3) is 11.9. The number of likely N-dealkylation sites (tertiary alicyclic amines) is 1. The number of carboxylic acid groups (broad SMARTS) is 1. The molecule has 2 heterocycles. The van der Waals surface area contributed by atoms with Crippen LogP contribution in [-0.2, 0) is 35.1 Å². The maximum Gasteiger partial charge on any atom is 0.326 e. The Balaban J connectivity index is 2.25. The Labute approximate surface area is 309 Å². The first-order chi connectivity index (χ1) is 24.0. The first-order valence-corrected chi connectivity index (χ1v) is 19.2. The molecule has 3 amide bonds. The van der Waals surface area contributed by atoms with E-state index in [2.05, 4.69) is 16.0 Å². The number of thiophene rings is 1. The molecule has 0 spiro atoms. The minimum absolute atomic E-state index is 0.00140. The van der Waals surface area contributed by atoms with E-state index < -0.39 is 60.4 Å². The molecule has 1 saturated heterocycles. The molecule has 14 heteroatoms. The molecule has 0 radical (unpaired) electrons. The van der Waals surface area contributed by atoms with E-state index in [0.717, 1.165) is 17.7 Å². The van der Waals surface area contributed by atoms with E-state index in [1.165, 1.54) is 18.4 Å². The molecule has 292 valence electrons. The lowest BCUT2D eigenvalue weighted by atomic mass is 9.89. The number of aliphatic hydroxyl groups excluding tert-OH is 1. The van der Waals surface area contributed by atoms with Gasteiger partial charge >= 0.3 is 5.97 Å². The SMILES string of the molecule is CCC(C)C(C(CC(O)N1CCC[C@H]1C(OC)C(C)C(=O)NC(Cc1cccs1)C(=O)O)OC)N(C)C(=O)C(NC(=O)C(NC)C(C)C)C(C)C. The van der Waals surface area contributed by atoms with Gasteiger partial charge in [0.1, 0.15) is 18.3 Å². The number of carboxylic acids is 1. The van der Waals surface area contributed by atoms with Crippen molar-refractivity contribution in [2.45, 2.75) is 129 Å². The van der Waals surface area contributed by atoms with E-state index in [9.17, 15) is 29.4 Å². The normalized spacial score (nSPS) is 20.5. The van der Waals surface area contributed by atoms with Crippen molar-refractivity contribution in [3.05, 3.63) is 22.4 Å². The number of carbonyl (C=O) groups excluding carboxylic acids is 3. The summed E-state index contributed by atoms with van der Waals surface area (Å²) in [5, 5.41) is 32.2. The molecule has 51 heavy (non-hydrogen) atoms. The quantitative estimate of drug-likeness (QED) is 0.119. The van der Waals surface area contributed by atoms with Crippen molar-refractivity contribution >= 4 is 35.0 Å². The zero-order valence-corrected chi connectivity index (χ0v) is 33.4. The Morgan fingerprint density at radius 1 is 1.02 bits per heavy atom. The zero-order valence-electron chi connectivity index (χ0n) is 32.5. The molecule has 0 aromatic carbocycles. The zero-order chi connectivity index (χ0) is 38.6. The number of ether oxygens (including phenoxy) is 2. The molecule has 0 aliphatic carbocycles. The van der Waals surface area contributed by atoms with Gasteiger partial charge in [-0.15, -0.1) is 11.3 Å². The van der Waals surface area contributed by atoms with E-state index in [4.69, 9.17) is 9.47 Å². The average Bonchev–Trinajstić information content (AvgIpc) is 3.79. The van der Waals surface area contributed by atoms with E-state index >= 15 is 0 Å². The Morgan fingerprint density at radius 2 is 1.67 bits per heavy atom. The number of hydrogen-bond donors (Lipinski definition) is 5. The van der Waals surface area contributed by atoms with Crippen LogP contribution >= 0.6 is 11.3 Å². The summed E-state index contributed by atoms with van der Waals surface area (Å²) in [5.74, 6) is -2.84. The van der Waals surface area contributed by atoms with E-state index in [1.54, 1.807) is 33.0 Å². The number of aliphatic carboxylic acids is 1. The first-order valence-electron chi connectivity index (χ1n) is 18.3. The van der Waals surface area contributed by atoms with Gasteiger partial charge in [0.25, 0.3) is 0 Å². The average molecular weight is 740 g/mol. The lowest BCUT2D eigenvalue weighted by Crippen LogP contribution is -2.60. The van der Waals surface area contributed by atoms with Gasteiger partial charge in [0, 0.05) is 51.6 Å². The van der Waals surface area contributed by atoms with Gasteiger partial charge in [0.15, 0.2) is 0 Å². The van der Waals surface area contributed by atoms with Gasteiger partial charge < -0.3 is 40.5 Å². The van der Waals surface area contributed by atoms with Gasteiger partial charge in [-0.3, -0.25) is 19.3 Å². The smallest absolute Gasteiger partial charge is 0.326 e. The van der Waals surface area contributed by atoms with Crippen molar-refractivity contribution in [1.29, 1.82) is 0 Å². The Hall–Kier alpha value is -2.62. The molecule has 1 aliphatic rings. The predicted molar refractivity (Wildman–Crippen MR) is 199 cm³/mol. The monoisotopic (exact) mass is 739 g/mol. The lowest BCUT2D eigenvalue weighted by molar-refractivity contribution is -0.147. The molecular formula is C37H65N5O8S. The van der Waals surface area contributed by atoms with Crippen molar-refractivity contribution in [1.82, 2.24) is 25.8 Å². The second kappa shape index (κ2) is 21.2. The van der Waals surface area contributed by atoms with Crippen LogP contribution in [0.25, 0.3) is 0 Å². The minimum atomic E-state index is -1.11. The fourth-order valence-corrected chi connectivity index (χ4v) is 8.11. The van der Waals surface area contributed by atoms with Crippen molar-refractivity contribution in [3.8, 4) is 0 Å². The molecule has 0 bridgehead atoms. The third-order valence-electron chi connectivity index (χ3n) is 10.5. The summed E-state index contributed by atoms with van der Waals surface area (Å²) >= 11 is 1.44. The number of likely N-dealkylation sites (N-methyl/N-ethyl adjacent to an activating group) is 2. The topological polar surface area (TPSA) is 170 Å². The molecular weight excluding hydrogens is 675 g/mol. The summed E-state index contributed by atoms with van der Waals surface area (Å²) in [7, 11) is 6.57. The Bertz CT molecular complexity index is 1230. The highest BCUT2D eigenvalue weighted by molar-refractivity contribution is 7.09. The number of carbonyl (C=O) groups is 4. The van der Waals surface area contributed by atoms with Crippen molar-refractivity contribution in [3.63, 3.8) is 0 Å². The molecule has 13 nitrogen and oxygen atoms in total. The van der Waals surface area contributed by atoms with Crippen molar-refractivity contribution in [2.24, 2.45) is 23.7 Å². The Morgan fingerprint density at radius 3 is 2.16 bits per heavy atom. The number of amides is 3. The predicted octanol–water partition coefficient (Wildman–Crippen LogP) is 2.96. The third-order valence-corrected chi connectivity index (χ3v) is 11.4. The molecule has 0 saturated carbocycles. The highest BCUT2D eigenvalue weighted by Gasteiger charge is 2.43. The van der Waals surface area contributed by atoms with Crippen LogP contribution in [0.1, 0.15) is 79.0 Å². The maximum absolute atomic E-state index is 14.1. The van der Waals surface area contributed by atoms with Crippen LogP contribution < -0.4 is 16.0 Å². The minimum Gasteiger partial charge on any atom is -0.480 e. The first kappa shape index (κ1) is 44.5. The fourth-order valence-electron chi connectivity index (χ4n) is 7.36. The van der Waals surface area contributed by atoms with Crippen LogP contribution in [0.2, 0.25) is 0 Å². The van der Waals surface area contributed by atoms with Crippen LogP contribution in [0.5, 0.6) is 0 Å². The summed E-state index contributed by atoms with van der Waals surface area (Å²) in [6.07, 6.45) is 0.433. The lowest BCUT2D eigenvalue weighted by Gasteiger charge is -2.42. The summed E-state index contributed by atoms with van der Waals surface area (Å²) < 4.78 is 11.9. The van der Waals surface area contributed by atoms with E-state index in [-0.39, 0.29) is 48.5 Å². The summed E-state index contributed by atoms with van der Waals surface area (Å²) in [5.41, 5.74) is 0. The van der Waals surface area contributed by atoms with Gasteiger partial charge in [0.2, 0.25) is 17.7 Å². The van der Waals surface area contributed by atoms with Crippen molar-refractivity contribution in [2.75, 3.05) is 34.9 Å². The van der Waals surface area contributed by atoms with Gasteiger partial charge in [-0.25, -0.2) is 4.79 Å². The number of nitrogens with one attached hydrogen (secondary N) is 3. The summed E-state index contributed by atoms with van der Waals surface area (Å²) in [4.78, 5) is 57.2. The molecule has 9 unspecified atom stereocenters. The van der Waals surface area contributed by atoms with Gasteiger partial charge in [-0.05, 0) is 49.1 Å².